The van der Waals surface area contributed by atoms with Gasteiger partial charge in [-0.15, -0.1) is 0 Å². The van der Waals surface area contributed by atoms with Crippen molar-refractivity contribution in [1.29, 1.82) is 0 Å². The lowest BCUT2D eigenvalue weighted by Gasteiger charge is -2.48. The lowest BCUT2D eigenvalue weighted by Crippen LogP contribution is -2.56. The minimum atomic E-state index is -4.47. The van der Waals surface area contributed by atoms with E-state index in [0.717, 1.165) is 24.5 Å². The average molecular weight is 570 g/mol. The second-order valence-electron chi connectivity index (χ2n) is 9.78. The van der Waals surface area contributed by atoms with E-state index < -0.39 is 43.8 Å². The lowest BCUT2D eigenvalue weighted by atomic mass is 9.82. The number of hydrogen-bond acceptors (Lipinski definition) is 6. The normalized spacial score (nSPS) is 18.4. The van der Waals surface area contributed by atoms with Crippen LogP contribution in [0.2, 0.25) is 0 Å². The Labute approximate surface area is 223 Å². The van der Waals surface area contributed by atoms with Gasteiger partial charge in [-0.25, -0.2) is 27.2 Å². The van der Waals surface area contributed by atoms with Crippen molar-refractivity contribution >= 4 is 21.5 Å². The van der Waals surface area contributed by atoms with Crippen LogP contribution >= 0.6 is 0 Å². The number of benzene rings is 2. The van der Waals surface area contributed by atoms with Crippen molar-refractivity contribution in [3.05, 3.63) is 77.8 Å². The van der Waals surface area contributed by atoms with Gasteiger partial charge in [0.2, 0.25) is 0 Å². The molecule has 0 amide bonds. The zero-order valence-electron chi connectivity index (χ0n) is 21.3. The summed E-state index contributed by atoms with van der Waals surface area (Å²) in [6, 6.07) is 7.95. The highest BCUT2D eigenvalue weighted by molar-refractivity contribution is 7.92. The minimum Gasteiger partial charge on any atom is -0.367 e. The SMILES string of the molecule is CN(C)[C@@]1(CCc2cccc(C(F)(F)F)c2)CCCN(c2cc(F)c(S(=O)(=O)Nc3ccncn3)cc2F)C1. The Balaban J connectivity index is 1.56. The Bertz CT molecular complexity index is 1420. The monoisotopic (exact) mass is 569 g/mol. The smallest absolute Gasteiger partial charge is 0.367 e. The van der Waals surface area contributed by atoms with E-state index in [9.17, 15) is 21.6 Å². The molecule has 1 fully saturated rings. The van der Waals surface area contributed by atoms with Gasteiger partial charge in [0, 0.05) is 30.9 Å². The zero-order chi connectivity index (χ0) is 28.4. The standard InChI is InChI=1S/C26H28F5N5O2S/c1-35(2)25(10-7-18-5-3-6-19(13-18)26(29,30)31)9-4-12-36(16-25)22-14-21(28)23(15-20(22)27)39(37,38)34-24-8-11-32-17-33-24/h3,5-6,8,11,13-15,17H,4,7,9-10,12,16H2,1-2H3,(H,32,33,34)/t25-/m1/s1. The van der Waals surface area contributed by atoms with Crippen molar-refractivity contribution in [3.63, 3.8) is 0 Å². The predicted octanol–water partition coefficient (Wildman–Crippen LogP) is 5.11. The van der Waals surface area contributed by atoms with Crippen LogP contribution in [-0.4, -0.2) is 56.0 Å². The number of piperidine rings is 1. The van der Waals surface area contributed by atoms with Gasteiger partial charge in [-0.1, -0.05) is 18.2 Å². The lowest BCUT2D eigenvalue weighted by molar-refractivity contribution is -0.137. The van der Waals surface area contributed by atoms with Crippen LogP contribution in [0.15, 0.2) is 59.9 Å². The summed E-state index contributed by atoms with van der Waals surface area (Å²) >= 11 is 0. The first-order chi connectivity index (χ1) is 18.3. The molecule has 1 aliphatic heterocycles. The molecule has 2 heterocycles. The van der Waals surface area contributed by atoms with Gasteiger partial charge in [0.1, 0.15) is 28.7 Å². The summed E-state index contributed by atoms with van der Waals surface area (Å²) in [7, 11) is -0.769. The van der Waals surface area contributed by atoms with Crippen LogP contribution < -0.4 is 9.62 Å². The molecule has 0 aliphatic carbocycles. The number of aryl methyl sites for hydroxylation is 1. The topological polar surface area (TPSA) is 78.4 Å². The Morgan fingerprint density at radius 2 is 1.87 bits per heavy atom. The fraction of sp³-hybridized carbons (Fsp3) is 0.385. The second kappa shape index (κ2) is 11.0. The van der Waals surface area contributed by atoms with E-state index in [0.29, 0.717) is 43.9 Å². The van der Waals surface area contributed by atoms with Crippen LogP contribution in [0.4, 0.5) is 33.5 Å². The van der Waals surface area contributed by atoms with Crippen LogP contribution in [0.25, 0.3) is 0 Å². The molecule has 1 N–H and O–H groups in total. The minimum absolute atomic E-state index is 0.0847. The third kappa shape index (κ3) is 6.47. The maximum Gasteiger partial charge on any atom is 0.416 e. The van der Waals surface area contributed by atoms with Crippen LogP contribution in [0.3, 0.4) is 0 Å². The van der Waals surface area contributed by atoms with Gasteiger partial charge in [0.05, 0.1) is 11.3 Å². The van der Waals surface area contributed by atoms with Crippen molar-refractivity contribution in [1.82, 2.24) is 14.9 Å². The number of sulfonamides is 1. The Morgan fingerprint density at radius 1 is 1.10 bits per heavy atom. The average Bonchev–Trinajstić information content (AvgIpc) is 2.88. The number of rotatable bonds is 8. The van der Waals surface area contributed by atoms with Crippen LogP contribution in [0, 0.1) is 11.6 Å². The Morgan fingerprint density at radius 3 is 2.54 bits per heavy atom. The third-order valence-corrected chi connectivity index (χ3v) is 8.46. The van der Waals surface area contributed by atoms with E-state index in [4.69, 9.17) is 0 Å². The predicted molar refractivity (Wildman–Crippen MR) is 137 cm³/mol. The van der Waals surface area contributed by atoms with E-state index in [1.165, 1.54) is 18.3 Å². The van der Waals surface area contributed by atoms with Gasteiger partial charge in [-0.2, -0.15) is 13.2 Å². The van der Waals surface area contributed by atoms with Crippen molar-refractivity contribution in [2.24, 2.45) is 0 Å². The number of alkyl halides is 3. The quantitative estimate of drug-likeness (QED) is 0.380. The van der Waals surface area contributed by atoms with Crippen LogP contribution in [0.1, 0.15) is 30.4 Å². The first kappa shape index (κ1) is 28.7. The molecular weight excluding hydrogens is 541 g/mol. The molecule has 39 heavy (non-hydrogen) atoms. The molecule has 0 unspecified atom stereocenters. The van der Waals surface area contributed by atoms with Crippen LogP contribution in [-0.2, 0) is 22.6 Å². The second-order valence-corrected chi connectivity index (χ2v) is 11.4. The Hall–Kier alpha value is -3.32. The zero-order valence-corrected chi connectivity index (χ0v) is 22.2. The molecular formula is C26H28F5N5O2S. The number of nitrogens with one attached hydrogen (secondary N) is 1. The highest BCUT2D eigenvalue weighted by Gasteiger charge is 2.39. The van der Waals surface area contributed by atoms with E-state index in [-0.39, 0.29) is 18.1 Å². The molecule has 210 valence electrons. The van der Waals surface area contributed by atoms with Crippen molar-refractivity contribution in [3.8, 4) is 0 Å². The van der Waals surface area contributed by atoms with Crippen LogP contribution in [0.5, 0.6) is 0 Å². The highest BCUT2D eigenvalue weighted by Crippen LogP contribution is 2.36. The molecule has 7 nitrogen and oxygen atoms in total. The number of anilines is 2. The first-order valence-corrected chi connectivity index (χ1v) is 13.7. The largest absolute Gasteiger partial charge is 0.416 e. The molecule has 0 spiro atoms. The number of likely N-dealkylation sites (N-methyl/N-ethyl adjacent to an activating group) is 1. The maximum absolute atomic E-state index is 15.3. The number of hydrogen-bond donors (Lipinski definition) is 1. The summed E-state index contributed by atoms with van der Waals surface area (Å²) in [5.41, 5.74) is -0.801. The summed E-state index contributed by atoms with van der Waals surface area (Å²) in [5.74, 6) is -2.13. The summed E-state index contributed by atoms with van der Waals surface area (Å²) in [6.45, 7) is 0.682. The molecule has 2 aromatic carbocycles. The fourth-order valence-electron chi connectivity index (χ4n) is 4.90. The van der Waals surface area contributed by atoms with E-state index in [2.05, 4.69) is 14.7 Å². The molecule has 0 radical (unpaired) electrons. The van der Waals surface area contributed by atoms with Crippen molar-refractivity contribution in [2.75, 3.05) is 36.8 Å². The van der Waals surface area contributed by atoms with Gasteiger partial charge in [0.15, 0.2) is 0 Å². The Kier molecular flexibility index (Phi) is 8.12. The number of halogens is 5. The summed E-state index contributed by atoms with van der Waals surface area (Å²) < 4.78 is 97.3. The molecule has 1 atom stereocenters. The van der Waals surface area contributed by atoms with Gasteiger partial charge in [-0.05, 0) is 63.5 Å². The van der Waals surface area contributed by atoms with Crippen molar-refractivity contribution < 1.29 is 30.4 Å². The molecule has 1 aliphatic rings. The number of aromatic nitrogens is 2. The van der Waals surface area contributed by atoms with Gasteiger partial charge in [-0.3, -0.25) is 4.72 Å². The first-order valence-electron chi connectivity index (χ1n) is 12.2. The third-order valence-electron chi connectivity index (χ3n) is 7.09. The maximum atomic E-state index is 15.3. The van der Waals surface area contributed by atoms with E-state index >= 15 is 8.78 Å². The highest BCUT2D eigenvalue weighted by atomic mass is 32.2. The van der Waals surface area contributed by atoms with Gasteiger partial charge in [0.25, 0.3) is 10.0 Å². The summed E-state index contributed by atoms with van der Waals surface area (Å²) in [6.07, 6.45) is 0.133. The van der Waals surface area contributed by atoms with E-state index in [1.54, 1.807) is 11.0 Å². The van der Waals surface area contributed by atoms with Gasteiger partial charge >= 0.3 is 6.18 Å². The van der Waals surface area contributed by atoms with E-state index in [1.807, 2.05) is 19.0 Å². The number of nitrogens with zero attached hydrogens (tertiary/aromatic N) is 4. The molecule has 13 heteroatoms. The fourth-order valence-corrected chi connectivity index (χ4v) is 5.98. The van der Waals surface area contributed by atoms with Crippen molar-refractivity contribution in [2.45, 2.75) is 42.3 Å². The molecule has 1 aromatic heterocycles. The molecule has 0 saturated carbocycles. The summed E-state index contributed by atoms with van der Waals surface area (Å²) in [5, 5.41) is 0. The molecule has 1 saturated heterocycles. The van der Waals surface area contributed by atoms with Gasteiger partial charge < -0.3 is 9.80 Å². The molecule has 3 aromatic rings. The molecule has 0 bridgehead atoms. The molecule has 4 rings (SSSR count). The summed E-state index contributed by atoms with van der Waals surface area (Å²) in [4.78, 5) is 10.2.